The highest BCUT2D eigenvalue weighted by Gasteiger charge is 2.41. The molecule has 1 aromatic carbocycles. The summed E-state index contributed by atoms with van der Waals surface area (Å²) in [6, 6.07) is 6.58. The smallest absolute Gasteiger partial charge is 0.311 e. The molecule has 1 aromatic rings. The number of sulfonamides is 1. The molecule has 0 aliphatic carbocycles. The van der Waals surface area contributed by atoms with Gasteiger partial charge in [0, 0.05) is 17.6 Å². The number of hydrogen-bond donors (Lipinski definition) is 0. The number of halogens is 1. The molecule has 7 heteroatoms. The Morgan fingerprint density at radius 1 is 1.27 bits per heavy atom. The van der Waals surface area contributed by atoms with Crippen LogP contribution in [0, 0.1) is 5.41 Å². The van der Waals surface area contributed by atoms with Gasteiger partial charge in [0.2, 0.25) is 10.0 Å². The lowest BCUT2D eigenvalue weighted by molar-refractivity contribution is -0.156. The Bertz CT molecular complexity index is 634. The molecule has 0 amide bonds. The van der Waals surface area contributed by atoms with E-state index in [-0.39, 0.29) is 10.9 Å². The molecule has 0 N–H and O–H groups in total. The minimum atomic E-state index is -3.51. The van der Waals surface area contributed by atoms with Gasteiger partial charge >= 0.3 is 5.97 Å². The molecular weight excluding hydrogens is 370 g/mol. The first-order chi connectivity index (χ1) is 10.3. The second-order valence-corrected chi connectivity index (χ2v) is 8.49. The van der Waals surface area contributed by atoms with Gasteiger partial charge in [-0.2, -0.15) is 4.31 Å². The highest BCUT2D eigenvalue weighted by molar-refractivity contribution is 9.10. The predicted octanol–water partition coefficient (Wildman–Crippen LogP) is 2.80. The standard InChI is InChI=1S/C15H20BrNO4S/c1-3-21-14(18)15(2)8-10-17(11-9-15)22(19,20)13-6-4-12(16)5-7-13/h4-7H,3,8-11H2,1-2H3. The number of rotatable bonds is 4. The minimum absolute atomic E-state index is 0.240. The predicted molar refractivity (Wildman–Crippen MR) is 86.9 cm³/mol. The van der Waals surface area contributed by atoms with Crippen LogP contribution >= 0.6 is 15.9 Å². The van der Waals surface area contributed by atoms with E-state index in [4.69, 9.17) is 4.74 Å². The molecule has 5 nitrogen and oxygen atoms in total. The van der Waals surface area contributed by atoms with E-state index in [0.29, 0.717) is 32.5 Å². The quantitative estimate of drug-likeness (QED) is 0.742. The van der Waals surface area contributed by atoms with Crippen molar-refractivity contribution in [1.29, 1.82) is 0 Å². The van der Waals surface area contributed by atoms with E-state index in [9.17, 15) is 13.2 Å². The maximum atomic E-state index is 12.6. The van der Waals surface area contributed by atoms with Crippen molar-refractivity contribution in [3.63, 3.8) is 0 Å². The van der Waals surface area contributed by atoms with Crippen LogP contribution in [0.15, 0.2) is 33.6 Å². The SMILES string of the molecule is CCOC(=O)C1(C)CCN(S(=O)(=O)c2ccc(Br)cc2)CC1. The Morgan fingerprint density at radius 2 is 1.82 bits per heavy atom. The fourth-order valence-electron chi connectivity index (χ4n) is 2.49. The third-order valence-electron chi connectivity index (χ3n) is 4.05. The summed E-state index contributed by atoms with van der Waals surface area (Å²) in [7, 11) is -3.51. The second-order valence-electron chi connectivity index (χ2n) is 5.64. The van der Waals surface area contributed by atoms with Crippen molar-refractivity contribution in [2.24, 2.45) is 5.41 Å². The molecule has 0 atom stereocenters. The molecular formula is C15H20BrNO4S. The molecule has 0 saturated carbocycles. The normalized spacial score (nSPS) is 18.9. The maximum Gasteiger partial charge on any atom is 0.311 e. The largest absolute Gasteiger partial charge is 0.466 e. The van der Waals surface area contributed by atoms with Crippen molar-refractivity contribution in [3.05, 3.63) is 28.7 Å². The Labute approximate surface area is 139 Å². The van der Waals surface area contributed by atoms with Crippen LogP contribution in [0.1, 0.15) is 26.7 Å². The molecule has 2 rings (SSSR count). The third kappa shape index (κ3) is 3.52. The number of carbonyl (C=O) groups excluding carboxylic acids is 1. The van der Waals surface area contributed by atoms with Gasteiger partial charge in [-0.3, -0.25) is 4.79 Å². The molecule has 0 bridgehead atoms. The molecule has 0 unspecified atom stereocenters. The average Bonchev–Trinajstić information content (AvgIpc) is 2.48. The highest BCUT2D eigenvalue weighted by atomic mass is 79.9. The van der Waals surface area contributed by atoms with Crippen molar-refractivity contribution in [1.82, 2.24) is 4.31 Å². The van der Waals surface area contributed by atoms with E-state index < -0.39 is 15.4 Å². The molecule has 0 aromatic heterocycles. The van der Waals surface area contributed by atoms with Gasteiger partial charge in [-0.1, -0.05) is 15.9 Å². The number of esters is 1. The van der Waals surface area contributed by atoms with Crippen LogP contribution < -0.4 is 0 Å². The van der Waals surface area contributed by atoms with Gasteiger partial charge in [0.1, 0.15) is 0 Å². The zero-order valence-electron chi connectivity index (χ0n) is 12.7. The number of nitrogens with zero attached hydrogens (tertiary/aromatic N) is 1. The number of benzene rings is 1. The summed E-state index contributed by atoms with van der Waals surface area (Å²) < 4.78 is 32.6. The first-order valence-electron chi connectivity index (χ1n) is 7.22. The summed E-state index contributed by atoms with van der Waals surface area (Å²) in [6.07, 6.45) is 0.948. The minimum Gasteiger partial charge on any atom is -0.466 e. The van der Waals surface area contributed by atoms with Gasteiger partial charge in [0.05, 0.1) is 16.9 Å². The number of hydrogen-bond acceptors (Lipinski definition) is 4. The monoisotopic (exact) mass is 389 g/mol. The highest BCUT2D eigenvalue weighted by Crippen LogP contribution is 2.34. The Morgan fingerprint density at radius 3 is 2.32 bits per heavy atom. The molecule has 1 aliphatic rings. The summed E-state index contributed by atoms with van der Waals surface area (Å²) in [4.78, 5) is 12.3. The summed E-state index contributed by atoms with van der Waals surface area (Å²) >= 11 is 3.29. The van der Waals surface area contributed by atoms with Gasteiger partial charge < -0.3 is 4.74 Å². The Balaban J connectivity index is 2.10. The van der Waals surface area contributed by atoms with E-state index in [2.05, 4.69) is 15.9 Å². The van der Waals surface area contributed by atoms with Crippen molar-refractivity contribution in [2.45, 2.75) is 31.6 Å². The first kappa shape index (κ1) is 17.4. The van der Waals surface area contributed by atoms with Crippen molar-refractivity contribution >= 4 is 31.9 Å². The second kappa shape index (κ2) is 6.68. The lowest BCUT2D eigenvalue weighted by Crippen LogP contribution is -2.45. The number of carbonyl (C=O) groups is 1. The Kier molecular flexibility index (Phi) is 5.29. The van der Waals surface area contributed by atoms with Crippen molar-refractivity contribution in [3.8, 4) is 0 Å². The van der Waals surface area contributed by atoms with Gasteiger partial charge in [0.15, 0.2) is 0 Å². The van der Waals surface area contributed by atoms with Crippen LogP contribution in [0.2, 0.25) is 0 Å². The topological polar surface area (TPSA) is 63.7 Å². The number of ether oxygens (including phenoxy) is 1. The van der Waals surface area contributed by atoms with Gasteiger partial charge in [-0.25, -0.2) is 8.42 Å². The molecule has 22 heavy (non-hydrogen) atoms. The van der Waals surface area contributed by atoms with Gasteiger partial charge in [0.25, 0.3) is 0 Å². The van der Waals surface area contributed by atoms with E-state index in [1.807, 2.05) is 6.92 Å². The average molecular weight is 390 g/mol. The molecule has 1 aliphatic heterocycles. The van der Waals surface area contributed by atoms with E-state index in [0.717, 1.165) is 4.47 Å². The van der Waals surface area contributed by atoms with Gasteiger partial charge in [-0.15, -0.1) is 0 Å². The van der Waals surface area contributed by atoms with E-state index >= 15 is 0 Å². The molecule has 1 heterocycles. The fourth-order valence-corrected chi connectivity index (χ4v) is 4.19. The van der Waals surface area contributed by atoms with Crippen LogP contribution in [-0.4, -0.2) is 38.4 Å². The first-order valence-corrected chi connectivity index (χ1v) is 9.46. The van der Waals surface area contributed by atoms with Crippen molar-refractivity contribution < 1.29 is 17.9 Å². The van der Waals surface area contributed by atoms with Crippen LogP contribution in [0.25, 0.3) is 0 Å². The zero-order valence-corrected chi connectivity index (χ0v) is 15.1. The molecule has 0 radical (unpaired) electrons. The van der Waals surface area contributed by atoms with Crippen LogP contribution in [0.4, 0.5) is 0 Å². The molecule has 1 fully saturated rings. The van der Waals surface area contributed by atoms with Gasteiger partial charge in [-0.05, 0) is 51.0 Å². The maximum absolute atomic E-state index is 12.6. The lowest BCUT2D eigenvalue weighted by Gasteiger charge is -2.36. The van der Waals surface area contributed by atoms with Crippen LogP contribution in [-0.2, 0) is 19.6 Å². The lowest BCUT2D eigenvalue weighted by atomic mass is 9.81. The summed E-state index contributed by atoms with van der Waals surface area (Å²) in [6.45, 7) is 4.61. The molecule has 0 spiro atoms. The molecule has 122 valence electrons. The zero-order chi connectivity index (χ0) is 16.4. The fraction of sp³-hybridized carbons (Fsp3) is 0.533. The van der Waals surface area contributed by atoms with Crippen LogP contribution in [0.3, 0.4) is 0 Å². The van der Waals surface area contributed by atoms with Crippen molar-refractivity contribution in [2.75, 3.05) is 19.7 Å². The Hall–Kier alpha value is -0.920. The summed E-state index contributed by atoms with van der Waals surface area (Å²) in [5, 5.41) is 0. The third-order valence-corrected chi connectivity index (χ3v) is 6.49. The summed E-state index contributed by atoms with van der Waals surface area (Å²) in [5.74, 6) is -0.240. The van der Waals surface area contributed by atoms with Crippen LogP contribution in [0.5, 0.6) is 0 Å². The van der Waals surface area contributed by atoms with E-state index in [1.54, 1.807) is 31.2 Å². The number of piperidine rings is 1. The van der Waals surface area contributed by atoms with E-state index in [1.165, 1.54) is 4.31 Å². The molecule has 1 saturated heterocycles. The summed E-state index contributed by atoms with van der Waals surface area (Å²) in [5.41, 5.74) is -0.595.